The molecule has 0 aliphatic heterocycles. The second-order valence-electron chi connectivity index (χ2n) is 2.45. The summed E-state index contributed by atoms with van der Waals surface area (Å²) in [5.41, 5.74) is 9.33. The van der Waals surface area contributed by atoms with E-state index in [4.69, 9.17) is 11.5 Å². The SMILES string of the molecule is NC(=O)c1cnc(N)c(Br)c1C(F)F. The molecule has 0 spiro atoms. The van der Waals surface area contributed by atoms with Crippen LogP contribution in [-0.2, 0) is 0 Å². The predicted octanol–water partition coefficient (Wildman–Crippen LogP) is 1.46. The van der Waals surface area contributed by atoms with Crippen molar-refractivity contribution in [3.63, 3.8) is 0 Å². The normalized spacial score (nSPS) is 10.6. The molecule has 0 radical (unpaired) electrons. The number of halogens is 3. The summed E-state index contributed by atoms with van der Waals surface area (Å²) in [6.45, 7) is 0. The second kappa shape index (κ2) is 3.87. The summed E-state index contributed by atoms with van der Waals surface area (Å²) in [6, 6.07) is 0. The van der Waals surface area contributed by atoms with Crippen LogP contribution < -0.4 is 11.5 Å². The van der Waals surface area contributed by atoms with Gasteiger partial charge in [-0.1, -0.05) is 0 Å². The molecule has 1 amide bonds. The molecule has 76 valence electrons. The van der Waals surface area contributed by atoms with Crippen molar-refractivity contribution in [2.24, 2.45) is 5.73 Å². The molecule has 1 heterocycles. The van der Waals surface area contributed by atoms with Gasteiger partial charge < -0.3 is 11.5 Å². The highest BCUT2D eigenvalue weighted by Gasteiger charge is 2.22. The molecule has 0 aliphatic carbocycles. The Morgan fingerprint density at radius 3 is 2.57 bits per heavy atom. The lowest BCUT2D eigenvalue weighted by atomic mass is 10.1. The topological polar surface area (TPSA) is 82.0 Å². The molecule has 0 aromatic carbocycles. The number of aromatic nitrogens is 1. The fourth-order valence-electron chi connectivity index (χ4n) is 0.926. The Hall–Kier alpha value is -1.24. The molecule has 0 fully saturated rings. The van der Waals surface area contributed by atoms with Crippen molar-refractivity contribution in [1.82, 2.24) is 4.98 Å². The summed E-state index contributed by atoms with van der Waals surface area (Å²) in [5.74, 6) is -1.07. The van der Waals surface area contributed by atoms with Gasteiger partial charge in [-0.15, -0.1) is 0 Å². The number of primary amides is 1. The van der Waals surface area contributed by atoms with Gasteiger partial charge >= 0.3 is 0 Å². The molecule has 7 heteroatoms. The molecule has 1 rings (SSSR count). The molecule has 0 atom stereocenters. The first-order chi connectivity index (χ1) is 6.45. The number of anilines is 1. The smallest absolute Gasteiger partial charge is 0.265 e. The number of nitrogens with two attached hydrogens (primary N) is 2. The molecule has 0 unspecified atom stereocenters. The van der Waals surface area contributed by atoms with Crippen LogP contribution in [0.5, 0.6) is 0 Å². The number of rotatable bonds is 2. The van der Waals surface area contributed by atoms with Crippen LogP contribution in [0.3, 0.4) is 0 Å². The van der Waals surface area contributed by atoms with Gasteiger partial charge in [0, 0.05) is 11.8 Å². The van der Waals surface area contributed by atoms with Crippen LogP contribution in [-0.4, -0.2) is 10.9 Å². The number of pyridine rings is 1. The lowest BCUT2D eigenvalue weighted by Crippen LogP contribution is -2.15. The third-order valence-electron chi connectivity index (χ3n) is 1.57. The second-order valence-corrected chi connectivity index (χ2v) is 3.24. The maximum atomic E-state index is 12.5. The fourth-order valence-corrected chi connectivity index (χ4v) is 1.42. The lowest BCUT2D eigenvalue weighted by Gasteiger charge is -2.08. The molecule has 0 aliphatic rings. The van der Waals surface area contributed by atoms with Gasteiger partial charge in [-0.25, -0.2) is 13.8 Å². The van der Waals surface area contributed by atoms with Crippen molar-refractivity contribution in [1.29, 1.82) is 0 Å². The quantitative estimate of drug-likeness (QED) is 0.850. The van der Waals surface area contributed by atoms with E-state index in [1.807, 2.05) is 0 Å². The molecule has 0 saturated heterocycles. The summed E-state index contributed by atoms with van der Waals surface area (Å²) in [6.07, 6.45) is -1.90. The maximum absolute atomic E-state index is 12.5. The Balaban J connectivity index is 3.45. The van der Waals surface area contributed by atoms with Gasteiger partial charge in [-0.2, -0.15) is 0 Å². The van der Waals surface area contributed by atoms with Crippen LogP contribution in [0.2, 0.25) is 0 Å². The molecule has 1 aromatic heterocycles. The number of nitrogens with zero attached hydrogens (tertiary/aromatic N) is 1. The lowest BCUT2D eigenvalue weighted by molar-refractivity contribution is 0.0985. The first-order valence-electron chi connectivity index (χ1n) is 3.47. The Labute approximate surface area is 86.4 Å². The van der Waals surface area contributed by atoms with E-state index in [0.717, 1.165) is 6.20 Å². The zero-order valence-corrected chi connectivity index (χ0v) is 8.38. The Morgan fingerprint density at radius 1 is 1.57 bits per heavy atom. The predicted molar refractivity (Wildman–Crippen MR) is 49.8 cm³/mol. The third kappa shape index (κ3) is 1.82. The number of hydrogen-bond acceptors (Lipinski definition) is 3. The highest BCUT2D eigenvalue weighted by molar-refractivity contribution is 9.10. The van der Waals surface area contributed by atoms with Gasteiger partial charge in [0.05, 0.1) is 10.0 Å². The average molecular weight is 266 g/mol. The molecular formula is C7H6BrF2N3O. The molecule has 1 aromatic rings. The zero-order chi connectivity index (χ0) is 10.9. The Bertz CT molecular complexity index is 383. The van der Waals surface area contributed by atoms with Gasteiger partial charge in [0.25, 0.3) is 12.3 Å². The monoisotopic (exact) mass is 265 g/mol. The van der Waals surface area contributed by atoms with Crippen LogP contribution in [0.1, 0.15) is 22.3 Å². The summed E-state index contributed by atoms with van der Waals surface area (Å²) in [4.78, 5) is 14.3. The number of hydrogen-bond donors (Lipinski definition) is 2. The summed E-state index contributed by atoms with van der Waals surface area (Å²) in [5, 5.41) is 0. The third-order valence-corrected chi connectivity index (χ3v) is 2.40. The average Bonchev–Trinajstić information content (AvgIpc) is 2.08. The molecule has 14 heavy (non-hydrogen) atoms. The van der Waals surface area contributed by atoms with Crippen molar-refractivity contribution < 1.29 is 13.6 Å². The summed E-state index contributed by atoms with van der Waals surface area (Å²) in [7, 11) is 0. The first kappa shape index (κ1) is 10.8. The van der Waals surface area contributed by atoms with Gasteiger partial charge in [0.2, 0.25) is 0 Å². The first-order valence-corrected chi connectivity index (χ1v) is 4.26. The van der Waals surface area contributed by atoms with Crippen molar-refractivity contribution >= 4 is 27.7 Å². The molecule has 4 nitrogen and oxygen atoms in total. The van der Waals surface area contributed by atoms with Gasteiger partial charge in [0.1, 0.15) is 5.82 Å². The van der Waals surface area contributed by atoms with E-state index in [9.17, 15) is 13.6 Å². The van der Waals surface area contributed by atoms with Crippen molar-refractivity contribution in [3.05, 3.63) is 21.8 Å². The fraction of sp³-hybridized carbons (Fsp3) is 0.143. The van der Waals surface area contributed by atoms with E-state index in [1.54, 1.807) is 0 Å². The van der Waals surface area contributed by atoms with Gasteiger partial charge in [0.15, 0.2) is 0 Å². The van der Waals surface area contributed by atoms with Crippen LogP contribution in [0, 0.1) is 0 Å². The van der Waals surface area contributed by atoms with Crippen LogP contribution in [0.15, 0.2) is 10.7 Å². The minimum absolute atomic E-state index is 0.0937. The molecule has 4 N–H and O–H groups in total. The van der Waals surface area contributed by atoms with Gasteiger partial charge in [-0.3, -0.25) is 4.79 Å². The highest BCUT2D eigenvalue weighted by atomic mass is 79.9. The zero-order valence-electron chi connectivity index (χ0n) is 6.80. The Kier molecular flexibility index (Phi) is 3.00. The minimum atomic E-state index is -2.84. The summed E-state index contributed by atoms with van der Waals surface area (Å²) >= 11 is 2.82. The van der Waals surface area contributed by atoms with E-state index in [2.05, 4.69) is 20.9 Å². The number of alkyl halides is 2. The molecular weight excluding hydrogens is 260 g/mol. The summed E-state index contributed by atoms with van der Waals surface area (Å²) < 4.78 is 24.9. The van der Waals surface area contributed by atoms with E-state index in [0.29, 0.717) is 0 Å². The van der Waals surface area contributed by atoms with Crippen molar-refractivity contribution in [3.8, 4) is 0 Å². The largest absolute Gasteiger partial charge is 0.383 e. The van der Waals surface area contributed by atoms with E-state index in [1.165, 1.54) is 0 Å². The number of carbonyl (C=O) groups excluding carboxylic acids is 1. The Morgan fingerprint density at radius 2 is 2.14 bits per heavy atom. The van der Waals surface area contributed by atoms with Crippen LogP contribution in [0.4, 0.5) is 14.6 Å². The van der Waals surface area contributed by atoms with E-state index < -0.39 is 17.9 Å². The molecule has 0 saturated carbocycles. The molecule has 0 bridgehead atoms. The minimum Gasteiger partial charge on any atom is -0.383 e. The van der Waals surface area contributed by atoms with Crippen molar-refractivity contribution in [2.45, 2.75) is 6.43 Å². The van der Waals surface area contributed by atoms with E-state index >= 15 is 0 Å². The van der Waals surface area contributed by atoms with Crippen LogP contribution in [0.25, 0.3) is 0 Å². The number of amides is 1. The standard InChI is InChI=1S/C7H6BrF2N3O/c8-4-3(5(9)10)2(7(12)14)1-13-6(4)11/h1,5H,(H2,11,13)(H2,12,14). The highest BCUT2D eigenvalue weighted by Crippen LogP contribution is 2.32. The van der Waals surface area contributed by atoms with Crippen LogP contribution >= 0.6 is 15.9 Å². The van der Waals surface area contributed by atoms with Gasteiger partial charge in [-0.05, 0) is 15.9 Å². The number of carbonyl (C=O) groups is 1. The maximum Gasteiger partial charge on any atom is 0.265 e. The van der Waals surface area contributed by atoms with Crippen molar-refractivity contribution in [2.75, 3.05) is 5.73 Å². The van der Waals surface area contributed by atoms with E-state index in [-0.39, 0.29) is 15.9 Å². The number of nitrogen functional groups attached to an aromatic ring is 1.